The van der Waals surface area contributed by atoms with E-state index in [1.807, 2.05) is 12.1 Å². The Hall–Kier alpha value is -1.63. The predicted octanol–water partition coefficient (Wildman–Crippen LogP) is 2.75. The number of nitrogens with zero attached hydrogens (tertiary/aromatic N) is 3. The van der Waals surface area contributed by atoms with E-state index < -0.39 is 0 Å². The van der Waals surface area contributed by atoms with Gasteiger partial charge in [-0.15, -0.1) is 24.8 Å². The molecule has 0 saturated heterocycles. The van der Waals surface area contributed by atoms with Crippen LogP contribution in [0.3, 0.4) is 0 Å². The molecule has 2 heterocycles. The van der Waals surface area contributed by atoms with Gasteiger partial charge in [-0.2, -0.15) is 5.10 Å². The zero-order valence-electron chi connectivity index (χ0n) is 14.5. The minimum absolute atomic E-state index is 0. The molecule has 2 atom stereocenters. The summed E-state index contributed by atoms with van der Waals surface area (Å²) in [5.74, 6) is 0.997. The summed E-state index contributed by atoms with van der Waals surface area (Å²) in [5.41, 5.74) is 7.60. The van der Waals surface area contributed by atoms with Crippen LogP contribution >= 0.6 is 24.8 Å². The Morgan fingerprint density at radius 3 is 2.58 bits per heavy atom. The van der Waals surface area contributed by atoms with E-state index in [0.717, 1.165) is 18.5 Å². The fourth-order valence-corrected chi connectivity index (χ4v) is 4.33. The van der Waals surface area contributed by atoms with Gasteiger partial charge in [0, 0.05) is 24.5 Å². The van der Waals surface area contributed by atoms with Gasteiger partial charge in [0.15, 0.2) is 0 Å². The lowest BCUT2D eigenvalue weighted by Gasteiger charge is -2.45. The van der Waals surface area contributed by atoms with E-state index in [4.69, 9.17) is 5.73 Å². The molecular weight excluding hydrogens is 373 g/mol. The number of amides is 1. The van der Waals surface area contributed by atoms with Crippen molar-refractivity contribution in [3.8, 4) is 5.69 Å². The zero-order chi connectivity index (χ0) is 16.5. The van der Waals surface area contributed by atoms with E-state index in [9.17, 15) is 4.79 Å². The van der Waals surface area contributed by atoms with Crippen LogP contribution in [0.4, 0.5) is 0 Å². The van der Waals surface area contributed by atoms with Gasteiger partial charge in [0.25, 0.3) is 5.91 Å². The minimum Gasteiger partial charge on any atom is -0.349 e. The van der Waals surface area contributed by atoms with Gasteiger partial charge < -0.3 is 11.1 Å². The molecule has 0 aromatic carbocycles. The number of carbonyl (C=O) groups excluding carboxylic acids is 1. The molecule has 8 heteroatoms. The van der Waals surface area contributed by atoms with Crippen LogP contribution < -0.4 is 11.1 Å². The second kappa shape index (κ2) is 8.84. The highest BCUT2D eigenvalue weighted by Crippen LogP contribution is 2.39. The second-order valence-corrected chi connectivity index (χ2v) is 7.07. The van der Waals surface area contributed by atoms with E-state index >= 15 is 0 Å². The summed E-state index contributed by atoms with van der Waals surface area (Å²) in [7, 11) is 0. The van der Waals surface area contributed by atoms with Crippen molar-refractivity contribution < 1.29 is 4.79 Å². The molecule has 2 fully saturated rings. The molecule has 0 spiro atoms. The van der Waals surface area contributed by atoms with Crippen molar-refractivity contribution in [1.82, 2.24) is 20.1 Å². The largest absolute Gasteiger partial charge is 0.349 e. The molecule has 2 aliphatic rings. The first-order valence-electron chi connectivity index (χ1n) is 8.72. The SMILES string of the molecule is Cl.Cl.NC1CC2CCCC(C1)C2NC(=O)c1cnn(-c2cccnc2)c1. The van der Waals surface area contributed by atoms with Crippen molar-refractivity contribution in [2.75, 3.05) is 0 Å². The van der Waals surface area contributed by atoms with Crippen LogP contribution in [0.2, 0.25) is 0 Å². The van der Waals surface area contributed by atoms with Gasteiger partial charge in [-0.1, -0.05) is 6.42 Å². The van der Waals surface area contributed by atoms with Crippen LogP contribution in [0, 0.1) is 11.8 Å². The number of nitrogens with two attached hydrogens (primary N) is 1. The lowest BCUT2D eigenvalue weighted by molar-refractivity contribution is 0.0756. The summed E-state index contributed by atoms with van der Waals surface area (Å²) < 4.78 is 1.68. The van der Waals surface area contributed by atoms with Crippen LogP contribution in [-0.4, -0.2) is 32.8 Å². The molecule has 2 bridgehead atoms. The third-order valence-electron chi connectivity index (χ3n) is 5.43. The van der Waals surface area contributed by atoms with E-state index in [-0.39, 0.29) is 36.8 Å². The van der Waals surface area contributed by atoms with E-state index in [1.54, 1.807) is 29.5 Å². The highest BCUT2D eigenvalue weighted by molar-refractivity contribution is 5.94. The van der Waals surface area contributed by atoms with Gasteiger partial charge in [0.2, 0.25) is 0 Å². The molecule has 0 radical (unpaired) electrons. The molecular formula is C18H25Cl2N5O. The first-order chi connectivity index (χ1) is 11.7. The molecule has 0 aliphatic heterocycles. The summed E-state index contributed by atoms with van der Waals surface area (Å²) in [5, 5.41) is 7.54. The molecule has 2 aromatic heterocycles. The Morgan fingerprint density at radius 2 is 1.92 bits per heavy atom. The van der Waals surface area contributed by atoms with Crippen molar-refractivity contribution in [2.45, 2.75) is 44.2 Å². The van der Waals surface area contributed by atoms with Gasteiger partial charge in [-0.05, 0) is 49.7 Å². The smallest absolute Gasteiger partial charge is 0.254 e. The topological polar surface area (TPSA) is 85.8 Å². The third-order valence-corrected chi connectivity index (χ3v) is 5.43. The highest BCUT2D eigenvalue weighted by atomic mass is 35.5. The average Bonchev–Trinajstić information content (AvgIpc) is 3.07. The van der Waals surface area contributed by atoms with Crippen molar-refractivity contribution in [3.05, 3.63) is 42.5 Å². The first-order valence-corrected chi connectivity index (χ1v) is 8.72. The maximum atomic E-state index is 12.7. The van der Waals surface area contributed by atoms with E-state index in [1.165, 1.54) is 19.3 Å². The number of pyridine rings is 1. The van der Waals surface area contributed by atoms with Crippen LogP contribution in [-0.2, 0) is 0 Å². The van der Waals surface area contributed by atoms with Gasteiger partial charge in [-0.3, -0.25) is 9.78 Å². The quantitative estimate of drug-likeness (QED) is 0.833. The number of hydrogen-bond donors (Lipinski definition) is 2. The number of aromatic nitrogens is 3. The van der Waals surface area contributed by atoms with Gasteiger partial charge in [0.1, 0.15) is 0 Å². The number of hydrogen-bond acceptors (Lipinski definition) is 4. The summed E-state index contributed by atoms with van der Waals surface area (Å²) in [6.07, 6.45) is 12.5. The fourth-order valence-electron chi connectivity index (χ4n) is 4.33. The molecule has 2 saturated carbocycles. The summed E-state index contributed by atoms with van der Waals surface area (Å²) in [4.78, 5) is 16.7. The monoisotopic (exact) mass is 397 g/mol. The highest BCUT2D eigenvalue weighted by Gasteiger charge is 2.40. The standard InChI is InChI=1S/C18H23N5O.2ClH/c19-15-7-12-3-1-4-13(8-15)17(12)22-18(24)14-9-21-23(11-14)16-5-2-6-20-10-16;;/h2,5-6,9-13,15,17H,1,3-4,7-8,19H2,(H,22,24);2*1H. The summed E-state index contributed by atoms with van der Waals surface area (Å²) in [6.45, 7) is 0. The number of rotatable bonds is 3. The van der Waals surface area contributed by atoms with Crippen LogP contribution in [0.25, 0.3) is 5.69 Å². The van der Waals surface area contributed by atoms with Crippen molar-refractivity contribution in [2.24, 2.45) is 17.6 Å². The van der Waals surface area contributed by atoms with Crippen LogP contribution in [0.15, 0.2) is 36.9 Å². The van der Waals surface area contributed by atoms with Crippen LogP contribution in [0.1, 0.15) is 42.5 Å². The van der Waals surface area contributed by atoms with Crippen molar-refractivity contribution in [1.29, 1.82) is 0 Å². The molecule has 6 nitrogen and oxygen atoms in total. The Morgan fingerprint density at radius 1 is 1.19 bits per heavy atom. The predicted molar refractivity (Wildman–Crippen MR) is 105 cm³/mol. The molecule has 1 amide bonds. The van der Waals surface area contributed by atoms with Gasteiger partial charge in [0.05, 0.1) is 23.6 Å². The Bertz CT molecular complexity index is 709. The number of carbonyl (C=O) groups is 1. The van der Waals surface area contributed by atoms with Gasteiger partial charge >= 0.3 is 0 Å². The van der Waals surface area contributed by atoms with Crippen LogP contribution in [0.5, 0.6) is 0 Å². The molecule has 4 rings (SSSR count). The lowest BCUT2D eigenvalue weighted by atomic mass is 9.67. The minimum atomic E-state index is -0.0393. The third kappa shape index (κ3) is 4.19. The summed E-state index contributed by atoms with van der Waals surface area (Å²) >= 11 is 0. The molecule has 26 heavy (non-hydrogen) atoms. The fraction of sp³-hybridized carbons (Fsp3) is 0.500. The zero-order valence-corrected chi connectivity index (χ0v) is 16.1. The summed E-state index contributed by atoms with van der Waals surface area (Å²) in [6, 6.07) is 4.31. The Labute approximate surface area is 165 Å². The van der Waals surface area contributed by atoms with Crippen molar-refractivity contribution in [3.63, 3.8) is 0 Å². The molecule has 2 aromatic rings. The van der Waals surface area contributed by atoms with E-state index in [2.05, 4.69) is 15.4 Å². The molecule has 2 unspecified atom stereocenters. The number of fused-ring (bicyclic) bond motifs is 2. The van der Waals surface area contributed by atoms with Gasteiger partial charge in [-0.25, -0.2) is 4.68 Å². The average molecular weight is 398 g/mol. The Kier molecular flexibility index (Phi) is 7.03. The molecule has 2 aliphatic carbocycles. The lowest BCUT2D eigenvalue weighted by Crippen LogP contribution is -2.53. The Balaban J connectivity index is 0.00000121. The molecule has 142 valence electrons. The maximum absolute atomic E-state index is 12.7. The molecule has 3 N–H and O–H groups in total. The maximum Gasteiger partial charge on any atom is 0.254 e. The number of nitrogens with one attached hydrogen (secondary N) is 1. The van der Waals surface area contributed by atoms with E-state index in [0.29, 0.717) is 23.4 Å². The first kappa shape index (κ1) is 20.7. The van der Waals surface area contributed by atoms with Crippen molar-refractivity contribution >= 4 is 30.7 Å². The second-order valence-electron chi connectivity index (χ2n) is 7.07. The normalized spacial score (nSPS) is 27.0. The number of halogens is 2.